The molecule has 6 heteroatoms. The predicted octanol–water partition coefficient (Wildman–Crippen LogP) is 4.01. The average Bonchev–Trinajstić information content (AvgIpc) is 2.38. The number of aromatic nitrogens is 1. The zero-order chi connectivity index (χ0) is 14.8. The molecule has 0 aliphatic rings. The lowest BCUT2D eigenvalue weighted by Gasteiger charge is -2.09. The van der Waals surface area contributed by atoms with Gasteiger partial charge in [-0.15, -0.1) is 0 Å². The van der Waals surface area contributed by atoms with Gasteiger partial charge in [-0.3, -0.25) is 4.79 Å². The van der Waals surface area contributed by atoms with E-state index in [4.69, 9.17) is 4.74 Å². The second kappa shape index (κ2) is 5.32. The Morgan fingerprint density at radius 1 is 1.20 bits per heavy atom. The van der Waals surface area contributed by atoms with Gasteiger partial charge in [0.1, 0.15) is 12.0 Å². The smallest absolute Gasteiger partial charge is 0.417 e. The van der Waals surface area contributed by atoms with Gasteiger partial charge in [0.05, 0.1) is 5.56 Å². The van der Waals surface area contributed by atoms with Gasteiger partial charge < -0.3 is 4.74 Å². The molecule has 0 saturated carbocycles. The summed E-state index contributed by atoms with van der Waals surface area (Å²) >= 11 is 0. The molecular weight excluding hydrogens is 271 g/mol. The molecule has 1 heterocycles. The van der Waals surface area contributed by atoms with Crippen molar-refractivity contribution >= 4 is 6.29 Å². The number of carbonyl (C=O) groups excluding carboxylic acids is 1. The van der Waals surface area contributed by atoms with Crippen LogP contribution in [0.4, 0.5) is 13.2 Å². The second-order valence-electron chi connectivity index (χ2n) is 4.12. The predicted molar refractivity (Wildman–Crippen MR) is 65.9 cm³/mol. The molecule has 0 aliphatic heterocycles. The van der Waals surface area contributed by atoms with Crippen LogP contribution in [0.2, 0.25) is 0 Å². The Balaban J connectivity index is 2.18. The first kappa shape index (κ1) is 14.0. The number of halogens is 3. The van der Waals surface area contributed by atoms with E-state index < -0.39 is 11.7 Å². The molecule has 104 valence electrons. The fourth-order valence-electron chi connectivity index (χ4n) is 1.57. The number of hydrogen-bond acceptors (Lipinski definition) is 3. The Morgan fingerprint density at radius 2 is 1.95 bits per heavy atom. The van der Waals surface area contributed by atoms with E-state index in [-0.39, 0.29) is 5.88 Å². The second-order valence-corrected chi connectivity index (χ2v) is 4.12. The number of ether oxygens (including phenoxy) is 1. The molecule has 0 spiro atoms. The van der Waals surface area contributed by atoms with Crippen LogP contribution in [-0.4, -0.2) is 11.3 Å². The molecule has 0 aliphatic carbocycles. The molecular formula is C14H10F3NO2. The average molecular weight is 281 g/mol. The highest BCUT2D eigenvalue weighted by Gasteiger charge is 2.30. The first-order valence-electron chi connectivity index (χ1n) is 5.67. The number of nitrogens with zero attached hydrogens (tertiary/aromatic N) is 1. The molecule has 0 amide bonds. The fourth-order valence-corrected chi connectivity index (χ4v) is 1.57. The Labute approximate surface area is 113 Å². The number of rotatable bonds is 3. The lowest BCUT2D eigenvalue weighted by molar-refractivity contribution is -0.137. The molecule has 3 nitrogen and oxygen atoms in total. The summed E-state index contributed by atoms with van der Waals surface area (Å²) in [4.78, 5) is 14.3. The minimum atomic E-state index is -4.42. The third-order valence-electron chi connectivity index (χ3n) is 2.65. The SMILES string of the molecule is Cc1cc(Oc2ccc(C(F)(F)F)cn2)ccc1C=O. The summed E-state index contributed by atoms with van der Waals surface area (Å²) < 4.78 is 42.4. The Hall–Kier alpha value is -2.37. The van der Waals surface area contributed by atoms with Crippen molar-refractivity contribution in [2.45, 2.75) is 13.1 Å². The van der Waals surface area contributed by atoms with E-state index in [9.17, 15) is 18.0 Å². The number of carbonyl (C=O) groups is 1. The zero-order valence-electron chi connectivity index (χ0n) is 10.4. The van der Waals surface area contributed by atoms with Crippen LogP contribution < -0.4 is 4.74 Å². The van der Waals surface area contributed by atoms with E-state index in [1.165, 1.54) is 0 Å². The van der Waals surface area contributed by atoms with Gasteiger partial charge in [0.25, 0.3) is 0 Å². The van der Waals surface area contributed by atoms with Crippen molar-refractivity contribution in [2.24, 2.45) is 0 Å². The standard InChI is InChI=1S/C14H10F3NO2/c1-9-6-12(4-2-10(9)8-19)20-13-5-3-11(7-18-13)14(15,16)17/h2-8H,1H3. The van der Waals surface area contributed by atoms with Crippen LogP contribution in [0.25, 0.3) is 0 Å². The summed E-state index contributed by atoms with van der Waals surface area (Å²) in [5.41, 5.74) is 0.402. The Morgan fingerprint density at radius 3 is 2.45 bits per heavy atom. The van der Waals surface area contributed by atoms with Gasteiger partial charge in [-0.1, -0.05) is 0 Å². The summed E-state index contributed by atoms with van der Waals surface area (Å²) in [5, 5.41) is 0. The number of aldehydes is 1. The highest BCUT2D eigenvalue weighted by Crippen LogP contribution is 2.30. The van der Waals surface area contributed by atoms with Gasteiger partial charge in [-0.05, 0) is 36.8 Å². The number of aryl methyl sites for hydroxylation is 1. The van der Waals surface area contributed by atoms with E-state index in [0.29, 0.717) is 23.1 Å². The van der Waals surface area contributed by atoms with Crippen LogP contribution >= 0.6 is 0 Å². The van der Waals surface area contributed by atoms with Gasteiger partial charge in [0.15, 0.2) is 0 Å². The van der Waals surface area contributed by atoms with Gasteiger partial charge >= 0.3 is 6.18 Å². The Bertz CT molecular complexity index is 621. The fraction of sp³-hybridized carbons (Fsp3) is 0.143. The summed E-state index contributed by atoms with van der Waals surface area (Å²) in [7, 11) is 0. The molecule has 0 bridgehead atoms. The number of alkyl halides is 3. The van der Waals surface area contributed by atoms with Gasteiger partial charge in [-0.25, -0.2) is 4.98 Å². The minimum absolute atomic E-state index is 0.0521. The van der Waals surface area contributed by atoms with Gasteiger partial charge in [-0.2, -0.15) is 13.2 Å². The topological polar surface area (TPSA) is 39.2 Å². The molecule has 0 atom stereocenters. The third kappa shape index (κ3) is 3.14. The van der Waals surface area contributed by atoms with Crippen molar-refractivity contribution in [3.63, 3.8) is 0 Å². The van der Waals surface area contributed by atoms with Crippen LogP contribution in [0.1, 0.15) is 21.5 Å². The van der Waals surface area contributed by atoms with Crippen molar-refractivity contribution in [2.75, 3.05) is 0 Å². The maximum atomic E-state index is 12.4. The lowest BCUT2D eigenvalue weighted by atomic mass is 10.1. The van der Waals surface area contributed by atoms with E-state index in [2.05, 4.69) is 4.98 Å². The zero-order valence-corrected chi connectivity index (χ0v) is 10.4. The lowest BCUT2D eigenvalue weighted by Crippen LogP contribution is -2.05. The highest BCUT2D eigenvalue weighted by molar-refractivity contribution is 5.77. The molecule has 0 saturated heterocycles. The van der Waals surface area contributed by atoms with Crippen molar-refractivity contribution in [3.05, 3.63) is 53.2 Å². The van der Waals surface area contributed by atoms with E-state index >= 15 is 0 Å². The van der Waals surface area contributed by atoms with E-state index in [1.54, 1.807) is 25.1 Å². The number of pyridine rings is 1. The molecule has 2 aromatic rings. The van der Waals surface area contributed by atoms with Crippen molar-refractivity contribution in [1.29, 1.82) is 0 Å². The largest absolute Gasteiger partial charge is 0.439 e. The first-order chi connectivity index (χ1) is 9.40. The van der Waals surface area contributed by atoms with Crippen LogP contribution in [0, 0.1) is 6.92 Å². The molecule has 20 heavy (non-hydrogen) atoms. The molecule has 0 unspecified atom stereocenters. The molecule has 0 fully saturated rings. The molecule has 0 N–H and O–H groups in total. The summed E-state index contributed by atoms with van der Waals surface area (Å²) in [6.45, 7) is 1.73. The monoisotopic (exact) mass is 281 g/mol. The van der Waals surface area contributed by atoms with Crippen molar-refractivity contribution in [1.82, 2.24) is 4.98 Å². The number of benzene rings is 1. The minimum Gasteiger partial charge on any atom is -0.439 e. The van der Waals surface area contributed by atoms with Crippen molar-refractivity contribution in [3.8, 4) is 11.6 Å². The van der Waals surface area contributed by atoms with Crippen LogP contribution in [0.5, 0.6) is 11.6 Å². The maximum absolute atomic E-state index is 12.4. The molecule has 1 aromatic heterocycles. The van der Waals surface area contributed by atoms with E-state index in [0.717, 1.165) is 18.4 Å². The highest BCUT2D eigenvalue weighted by atomic mass is 19.4. The quantitative estimate of drug-likeness (QED) is 0.798. The van der Waals surface area contributed by atoms with Crippen LogP contribution in [0.3, 0.4) is 0 Å². The molecule has 1 aromatic carbocycles. The molecule has 0 radical (unpaired) electrons. The van der Waals surface area contributed by atoms with Crippen molar-refractivity contribution < 1.29 is 22.7 Å². The van der Waals surface area contributed by atoms with E-state index in [1.807, 2.05) is 0 Å². The van der Waals surface area contributed by atoms with Gasteiger partial charge in [0, 0.05) is 17.8 Å². The third-order valence-corrected chi connectivity index (χ3v) is 2.65. The molecule has 2 rings (SSSR count). The summed E-state index contributed by atoms with van der Waals surface area (Å²) in [5.74, 6) is 0.455. The maximum Gasteiger partial charge on any atom is 0.417 e. The first-order valence-corrected chi connectivity index (χ1v) is 5.67. The van der Waals surface area contributed by atoms with Gasteiger partial charge in [0.2, 0.25) is 5.88 Å². The van der Waals surface area contributed by atoms with Crippen LogP contribution in [0.15, 0.2) is 36.5 Å². The number of hydrogen-bond donors (Lipinski definition) is 0. The summed E-state index contributed by atoms with van der Waals surface area (Å²) in [6.07, 6.45) is -2.99. The normalized spacial score (nSPS) is 11.2. The summed E-state index contributed by atoms with van der Waals surface area (Å²) in [6, 6.07) is 6.78. The van der Waals surface area contributed by atoms with Crippen LogP contribution in [-0.2, 0) is 6.18 Å². The Kier molecular flexibility index (Phi) is 3.74.